The molecule has 0 radical (unpaired) electrons. The molecule has 1 aromatic carbocycles. The third-order valence-corrected chi connectivity index (χ3v) is 2.71. The number of rotatable bonds is 2. The van der Waals surface area contributed by atoms with Gasteiger partial charge in [-0.3, -0.25) is 0 Å². The summed E-state index contributed by atoms with van der Waals surface area (Å²) in [5.74, 6) is 1.22. The summed E-state index contributed by atoms with van der Waals surface area (Å²) in [4.78, 5) is 11.7. The summed E-state index contributed by atoms with van der Waals surface area (Å²) < 4.78 is 5.07. The van der Waals surface area contributed by atoms with Crippen molar-refractivity contribution in [3.63, 3.8) is 0 Å². The molecule has 2 heterocycles. The number of aromatic amines is 1. The van der Waals surface area contributed by atoms with Crippen LogP contribution in [0.3, 0.4) is 0 Å². The standard InChI is InChI=1S/C13H11N3O2/c1-18-11-7-8(4-5-10(11)17)12-15-9-3-2-6-14-13(9)16-12/h2-7,17H,1H3,(H,14,15,16). The Hall–Kier alpha value is -2.56. The molecule has 0 unspecified atom stereocenters. The van der Waals surface area contributed by atoms with Crippen LogP contribution in [0.5, 0.6) is 11.5 Å². The van der Waals surface area contributed by atoms with E-state index in [0.29, 0.717) is 17.2 Å². The lowest BCUT2D eigenvalue weighted by Gasteiger charge is -2.04. The van der Waals surface area contributed by atoms with E-state index in [9.17, 15) is 5.11 Å². The molecular formula is C13H11N3O2. The number of imidazole rings is 1. The highest BCUT2D eigenvalue weighted by molar-refractivity contribution is 5.76. The van der Waals surface area contributed by atoms with Gasteiger partial charge < -0.3 is 14.8 Å². The number of aromatic hydroxyl groups is 1. The molecule has 5 heteroatoms. The first kappa shape index (κ1) is 10.6. The molecule has 0 aliphatic carbocycles. The van der Waals surface area contributed by atoms with Gasteiger partial charge in [0, 0.05) is 11.8 Å². The van der Waals surface area contributed by atoms with E-state index >= 15 is 0 Å². The van der Waals surface area contributed by atoms with Gasteiger partial charge in [0.2, 0.25) is 0 Å². The van der Waals surface area contributed by atoms with Gasteiger partial charge in [-0.2, -0.15) is 0 Å². The van der Waals surface area contributed by atoms with E-state index in [4.69, 9.17) is 4.74 Å². The van der Waals surface area contributed by atoms with Crippen molar-refractivity contribution in [1.29, 1.82) is 0 Å². The predicted octanol–water partition coefficient (Wildman–Crippen LogP) is 2.34. The van der Waals surface area contributed by atoms with E-state index in [0.717, 1.165) is 11.1 Å². The lowest BCUT2D eigenvalue weighted by atomic mass is 10.2. The van der Waals surface area contributed by atoms with Crippen LogP contribution in [0.15, 0.2) is 36.5 Å². The summed E-state index contributed by atoms with van der Waals surface area (Å²) in [6.45, 7) is 0. The Morgan fingerprint density at radius 3 is 2.94 bits per heavy atom. The van der Waals surface area contributed by atoms with Crippen molar-refractivity contribution < 1.29 is 9.84 Å². The zero-order valence-electron chi connectivity index (χ0n) is 9.71. The number of phenolic OH excluding ortho intramolecular Hbond substituents is 1. The van der Waals surface area contributed by atoms with Crippen LogP contribution in [0.1, 0.15) is 0 Å². The van der Waals surface area contributed by atoms with E-state index in [1.54, 1.807) is 24.4 Å². The minimum Gasteiger partial charge on any atom is -0.504 e. The lowest BCUT2D eigenvalue weighted by molar-refractivity contribution is 0.373. The maximum absolute atomic E-state index is 9.55. The molecule has 0 atom stereocenters. The highest BCUT2D eigenvalue weighted by Gasteiger charge is 2.08. The molecule has 5 nitrogen and oxygen atoms in total. The number of ether oxygens (including phenoxy) is 1. The van der Waals surface area contributed by atoms with Crippen molar-refractivity contribution in [3.8, 4) is 22.9 Å². The molecular weight excluding hydrogens is 230 g/mol. The van der Waals surface area contributed by atoms with E-state index < -0.39 is 0 Å². The SMILES string of the molecule is COc1cc(-c2nc3ncccc3[nH]2)ccc1O. The fourth-order valence-corrected chi connectivity index (χ4v) is 1.81. The number of hydrogen-bond donors (Lipinski definition) is 2. The molecule has 0 spiro atoms. The van der Waals surface area contributed by atoms with E-state index in [-0.39, 0.29) is 5.75 Å². The number of methoxy groups -OCH3 is 1. The van der Waals surface area contributed by atoms with Gasteiger partial charge in [0.1, 0.15) is 5.82 Å². The molecule has 2 aromatic heterocycles. The Morgan fingerprint density at radius 2 is 2.17 bits per heavy atom. The van der Waals surface area contributed by atoms with E-state index in [1.165, 1.54) is 7.11 Å². The number of aromatic nitrogens is 3. The molecule has 0 saturated carbocycles. The molecule has 0 fully saturated rings. The summed E-state index contributed by atoms with van der Waals surface area (Å²) in [7, 11) is 1.51. The van der Waals surface area contributed by atoms with Crippen molar-refractivity contribution in [2.24, 2.45) is 0 Å². The van der Waals surface area contributed by atoms with Crippen LogP contribution in [0.2, 0.25) is 0 Å². The summed E-state index contributed by atoms with van der Waals surface area (Å²) in [6, 6.07) is 8.84. The van der Waals surface area contributed by atoms with Gasteiger partial charge >= 0.3 is 0 Å². The van der Waals surface area contributed by atoms with Gasteiger partial charge in [-0.15, -0.1) is 0 Å². The van der Waals surface area contributed by atoms with Gasteiger partial charge in [-0.25, -0.2) is 9.97 Å². The maximum atomic E-state index is 9.55. The largest absolute Gasteiger partial charge is 0.504 e. The first-order chi connectivity index (χ1) is 8.78. The predicted molar refractivity (Wildman–Crippen MR) is 67.5 cm³/mol. The number of hydrogen-bond acceptors (Lipinski definition) is 4. The van der Waals surface area contributed by atoms with Crippen LogP contribution in [0, 0.1) is 0 Å². The zero-order chi connectivity index (χ0) is 12.5. The van der Waals surface area contributed by atoms with Crippen molar-refractivity contribution in [2.45, 2.75) is 0 Å². The number of phenols is 1. The van der Waals surface area contributed by atoms with Gasteiger partial charge in [-0.1, -0.05) is 0 Å². The molecule has 18 heavy (non-hydrogen) atoms. The molecule has 0 bridgehead atoms. The van der Waals surface area contributed by atoms with Crippen molar-refractivity contribution in [1.82, 2.24) is 15.0 Å². The highest BCUT2D eigenvalue weighted by Crippen LogP contribution is 2.30. The van der Waals surface area contributed by atoms with Crippen LogP contribution < -0.4 is 4.74 Å². The Balaban J connectivity index is 2.13. The zero-order valence-corrected chi connectivity index (χ0v) is 9.71. The molecule has 0 saturated heterocycles. The second-order valence-corrected chi connectivity index (χ2v) is 3.85. The third-order valence-electron chi connectivity index (χ3n) is 2.71. The second-order valence-electron chi connectivity index (χ2n) is 3.85. The van der Waals surface area contributed by atoms with Crippen LogP contribution in [-0.2, 0) is 0 Å². The number of nitrogens with zero attached hydrogens (tertiary/aromatic N) is 2. The highest BCUT2D eigenvalue weighted by atomic mass is 16.5. The molecule has 3 aromatic rings. The number of pyridine rings is 1. The monoisotopic (exact) mass is 241 g/mol. The topological polar surface area (TPSA) is 71.0 Å². The Bertz CT molecular complexity index is 673. The normalized spacial score (nSPS) is 10.7. The summed E-state index contributed by atoms with van der Waals surface area (Å²) in [5.41, 5.74) is 2.38. The van der Waals surface area contributed by atoms with Gasteiger partial charge in [0.15, 0.2) is 17.1 Å². The lowest BCUT2D eigenvalue weighted by Crippen LogP contribution is -1.86. The van der Waals surface area contributed by atoms with Gasteiger partial charge in [0.25, 0.3) is 0 Å². The van der Waals surface area contributed by atoms with Gasteiger partial charge in [-0.05, 0) is 30.3 Å². The van der Waals surface area contributed by atoms with Crippen LogP contribution in [0.4, 0.5) is 0 Å². The quantitative estimate of drug-likeness (QED) is 0.722. The minimum atomic E-state index is 0.107. The number of fused-ring (bicyclic) bond motifs is 1. The summed E-state index contributed by atoms with van der Waals surface area (Å²) >= 11 is 0. The molecule has 90 valence electrons. The second kappa shape index (κ2) is 4.03. The van der Waals surface area contributed by atoms with E-state index in [2.05, 4.69) is 15.0 Å². The molecule has 3 rings (SSSR count). The maximum Gasteiger partial charge on any atom is 0.178 e. The van der Waals surface area contributed by atoms with E-state index in [1.807, 2.05) is 12.1 Å². The van der Waals surface area contributed by atoms with Crippen molar-refractivity contribution >= 4 is 11.2 Å². The van der Waals surface area contributed by atoms with Crippen LogP contribution >= 0.6 is 0 Å². The molecule has 0 amide bonds. The van der Waals surface area contributed by atoms with Crippen LogP contribution in [0.25, 0.3) is 22.6 Å². The van der Waals surface area contributed by atoms with Crippen molar-refractivity contribution in [3.05, 3.63) is 36.5 Å². The number of nitrogens with one attached hydrogen (secondary N) is 1. The number of benzene rings is 1. The smallest absolute Gasteiger partial charge is 0.178 e. The fourth-order valence-electron chi connectivity index (χ4n) is 1.81. The minimum absolute atomic E-state index is 0.107. The van der Waals surface area contributed by atoms with Gasteiger partial charge in [0.05, 0.1) is 12.6 Å². The first-order valence-electron chi connectivity index (χ1n) is 5.46. The average molecular weight is 241 g/mol. The summed E-state index contributed by atoms with van der Waals surface area (Å²) in [5, 5.41) is 9.55. The molecule has 0 aliphatic heterocycles. The molecule has 2 N–H and O–H groups in total. The first-order valence-corrected chi connectivity index (χ1v) is 5.46. The average Bonchev–Trinajstić information content (AvgIpc) is 2.83. The third kappa shape index (κ3) is 1.66. The Labute approximate surface area is 103 Å². The van der Waals surface area contributed by atoms with Crippen molar-refractivity contribution in [2.75, 3.05) is 7.11 Å². The fraction of sp³-hybridized carbons (Fsp3) is 0.0769. The Morgan fingerprint density at radius 1 is 1.28 bits per heavy atom. The summed E-state index contributed by atoms with van der Waals surface area (Å²) in [6.07, 6.45) is 1.70. The number of H-pyrrole nitrogens is 1. The van der Waals surface area contributed by atoms with Crippen LogP contribution in [-0.4, -0.2) is 27.2 Å². The Kier molecular flexibility index (Phi) is 2.37. The molecule has 0 aliphatic rings.